The molecule has 0 unspecified atom stereocenters. The summed E-state index contributed by atoms with van der Waals surface area (Å²) in [5.41, 5.74) is 0.783. The van der Waals surface area contributed by atoms with Gasteiger partial charge >= 0.3 is 0 Å². The van der Waals surface area contributed by atoms with Crippen LogP contribution in [-0.4, -0.2) is 26.6 Å². The molecule has 0 bridgehead atoms. The van der Waals surface area contributed by atoms with E-state index in [1.165, 1.54) is 12.1 Å². The highest BCUT2D eigenvalue weighted by atomic mass is 79.9. The number of hydrogen-bond acceptors (Lipinski definition) is 3. The standard InChI is InChI=1S/C17H18BrFN2O3S/c1-3-16(17(22)20-14-6-4-5-12(18)11-14)21(25(2,23)24)15-9-7-13(19)8-10-15/h4-11,16H,3H2,1-2H3,(H,20,22)/t16-/m0/s1. The Kier molecular flexibility index (Phi) is 6.18. The van der Waals surface area contributed by atoms with Gasteiger partial charge in [0.2, 0.25) is 15.9 Å². The Morgan fingerprint density at radius 3 is 2.40 bits per heavy atom. The van der Waals surface area contributed by atoms with Crippen molar-refractivity contribution in [3.63, 3.8) is 0 Å². The molecule has 5 nitrogen and oxygen atoms in total. The second-order valence-electron chi connectivity index (χ2n) is 5.46. The van der Waals surface area contributed by atoms with E-state index in [2.05, 4.69) is 21.2 Å². The predicted molar refractivity (Wildman–Crippen MR) is 101 cm³/mol. The molecule has 1 amide bonds. The molecule has 2 aromatic rings. The molecule has 0 aliphatic heterocycles. The summed E-state index contributed by atoms with van der Waals surface area (Å²) in [6.45, 7) is 1.72. The maximum absolute atomic E-state index is 13.2. The van der Waals surface area contributed by atoms with E-state index in [4.69, 9.17) is 0 Å². The first kappa shape index (κ1) is 19.4. The number of benzene rings is 2. The van der Waals surface area contributed by atoms with E-state index in [1.807, 2.05) is 6.07 Å². The number of nitrogens with zero attached hydrogens (tertiary/aromatic N) is 1. The van der Waals surface area contributed by atoms with Crippen LogP contribution >= 0.6 is 15.9 Å². The summed E-state index contributed by atoms with van der Waals surface area (Å²) in [5, 5.41) is 2.72. The molecule has 1 N–H and O–H groups in total. The number of rotatable bonds is 6. The summed E-state index contributed by atoms with van der Waals surface area (Å²) in [7, 11) is -3.75. The highest BCUT2D eigenvalue weighted by Crippen LogP contribution is 2.24. The minimum absolute atomic E-state index is 0.236. The first-order valence-corrected chi connectivity index (χ1v) is 10.2. The predicted octanol–water partition coefficient (Wildman–Crippen LogP) is 3.77. The van der Waals surface area contributed by atoms with Crippen molar-refractivity contribution in [2.45, 2.75) is 19.4 Å². The third-order valence-electron chi connectivity index (χ3n) is 3.50. The van der Waals surface area contributed by atoms with Gasteiger partial charge in [-0.05, 0) is 48.9 Å². The Hall–Kier alpha value is -1.93. The minimum atomic E-state index is -3.75. The second-order valence-corrected chi connectivity index (χ2v) is 8.23. The van der Waals surface area contributed by atoms with Crippen LogP contribution in [0.25, 0.3) is 0 Å². The Balaban J connectivity index is 2.36. The normalized spacial score (nSPS) is 12.5. The minimum Gasteiger partial charge on any atom is -0.324 e. The summed E-state index contributed by atoms with van der Waals surface area (Å²) in [4.78, 5) is 12.7. The van der Waals surface area contributed by atoms with Crippen molar-refractivity contribution in [3.8, 4) is 0 Å². The lowest BCUT2D eigenvalue weighted by atomic mass is 10.2. The molecule has 0 saturated carbocycles. The molecule has 2 aromatic carbocycles. The highest BCUT2D eigenvalue weighted by Gasteiger charge is 2.31. The average molecular weight is 429 g/mol. The number of amides is 1. The van der Waals surface area contributed by atoms with Crippen LogP contribution in [0, 0.1) is 5.82 Å². The molecule has 0 aromatic heterocycles. The van der Waals surface area contributed by atoms with E-state index in [-0.39, 0.29) is 12.1 Å². The van der Waals surface area contributed by atoms with Gasteiger partial charge in [-0.15, -0.1) is 0 Å². The Labute approximate surface area is 155 Å². The quantitative estimate of drug-likeness (QED) is 0.761. The van der Waals surface area contributed by atoms with Gasteiger partial charge in [-0.25, -0.2) is 12.8 Å². The second kappa shape index (κ2) is 7.97. The average Bonchev–Trinajstić information content (AvgIpc) is 2.52. The molecule has 8 heteroatoms. The van der Waals surface area contributed by atoms with Gasteiger partial charge in [0.15, 0.2) is 0 Å². The van der Waals surface area contributed by atoms with Crippen LogP contribution in [0.5, 0.6) is 0 Å². The summed E-state index contributed by atoms with van der Waals surface area (Å²) in [5.74, 6) is -0.945. The maximum atomic E-state index is 13.2. The van der Waals surface area contributed by atoms with Crippen molar-refractivity contribution in [3.05, 3.63) is 58.8 Å². The van der Waals surface area contributed by atoms with E-state index in [0.29, 0.717) is 5.69 Å². The molecular weight excluding hydrogens is 411 g/mol. The molecular formula is C17H18BrFN2O3S. The lowest BCUT2D eigenvalue weighted by Crippen LogP contribution is -2.47. The van der Waals surface area contributed by atoms with E-state index in [1.54, 1.807) is 25.1 Å². The van der Waals surface area contributed by atoms with E-state index in [0.717, 1.165) is 27.2 Å². The third-order valence-corrected chi connectivity index (χ3v) is 5.18. The number of hydrogen-bond donors (Lipinski definition) is 1. The first-order chi connectivity index (χ1) is 11.7. The number of carbonyl (C=O) groups is 1. The van der Waals surface area contributed by atoms with E-state index in [9.17, 15) is 17.6 Å². The number of nitrogens with one attached hydrogen (secondary N) is 1. The topological polar surface area (TPSA) is 66.5 Å². The Morgan fingerprint density at radius 1 is 1.24 bits per heavy atom. The molecule has 1 atom stereocenters. The maximum Gasteiger partial charge on any atom is 0.248 e. The van der Waals surface area contributed by atoms with Crippen molar-refractivity contribution < 1.29 is 17.6 Å². The molecule has 0 heterocycles. The van der Waals surface area contributed by atoms with Gasteiger partial charge in [-0.2, -0.15) is 0 Å². The summed E-state index contributed by atoms with van der Waals surface area (Å²) in [6, 6.07) is 11.0. The van der Waals surface area contributed by atoms with Crippen molar-refractivity contribution >= 4 is 43.2 Å². The highest BCUT2D eigenvalue weighted by molar-refractivity contribution is 9.10. The monoisotopic (exact) mass is 428 g/mol. The first-order valence-electron chi connectivity index (χ1n) is 7.53. The fraction of sp³-hybridized carbons (Fsp3) is 0.235. The molecule has 2 rings (SSSR count). The molecule has 0 radical (unpaired) electrons. The van der Waals surface area contributed by atoms with Crippen LogP contribution in [0.1, 0.15) is 13.3 Å². The van der Waals surface area contributed by atoms with Crippen molar-refractivity contribution in [1.29, 1.82) is 0 Å². The molecule has 0 aliphatic carbocycles. The van der Waals surface area contributed by atoms with Crippen LogP contribution in [0.15, 0.2) is 53.0 Å². The number of anilines is 2. The van der Waals surface area contributed by atoms with Gasteiger partial charge in [0, 0.05) is 10.2 Å². The van der Waals surface area contributed by atoms with Gasteiger partial charge in [0.25, 0.3) is 0 Å². The molecule has 0 aliphatic rings. The molecule has 0 fully saturated rings. The summed E-state index contributed by atoms with van der Waals surface area (Å²) in [6.07, 6.45) is 1.27. The van der Waals surface area contributed by atoms with E-state index >= 15 is 0 Å². The van der Waals surface area contributed by atoms with Crippen molar-refractivity contribution in [2.75, 3.05) is 15.9 Å². The van der Waals surface area contributed by atoms with Crippen LogP contribution in [0.4, 0.5) is 15.8 Å². The van der Waals surface area contributed by atoms with Gasteiger partial charge < -0.3 is 5.32 Å². The number of halogens is 2. The third kappa shape index (κ3) is 5.02. The van der Waals surface area contributed by atoms with Crippen molar-refractivity contribution in [2.24, 2.45) is 0 Å². The number of sulfonamides is 1. The fourth-order valence-electron chi connectivity index (χ4n) is 2.44. The van der Waals surface area contributed by atoms with Gasteiger partial charge in [-0.1, -0.05) is 28.9 Å². The molecule has 0 saturated heterocycles. The SMILES string of the molecule is CC[C@@H](C(=O)Nc1cccc(Br)c1)N(c1ccc(F)cc1)S(C)(=O)=O. The zero-order valence-corrected chi connectivity index (χ0v) is 16.1. The Morgan fingerprint density at radius 2 is 1.88 bits per heavy atom. The molecule has 134 valence electrons. The zero-order valence-electron chi connectivity index (χ0n) is 13.7. The van der Waals surface area contributed by atoms with Crippen LogP contribution in [-0.2, 0) is 14.8 Å². The molecule has 0 spiro atoms. The number of carbonyl (C=O) groups excluding carboxylic acids is 1. The summed E-state index contributed by atoms with van der Waals surface area (Å²) < 4.78 is 39.5. The lowest BCUT2D eigenvalue weighted by molar-refractivity contribution is -0.117. The molecule has 25 heavy (non-hydrogen) atoms. The van der Waals surface area contributed by atoms with Crippen LogP contribution in [0.3, 0.4) is 0 Å². The van der Waals surface area contributed by atoms with Crippen LogP contribution < -0.4 is 9.62 Å². The van der Waals surface area contributed by atoms with Gasteiger partial charge in [-0.3, -0.25) is 9.10 Å². The van der Waals surface area contributed by atoms with Gasteiger partial charge in [0.05, 0.1) is 11.9 Å². The fourth-order valence-corrected chi connectivity index (χ4v) is 4.05. The summed E-state index contributed by atoms with van der Waals surface area (Å²) >= 11 is 3.32. The van der Waals surface area contributed by atoms with Crippen LogP contribution in [0.2, 0.25) is 0 Å². The van der Waals surface area contributed by atoms with Gasteiger partial charge in [0.1, 0.15) is 11.9 Å². The zero-order chi connectivity index (χ0) is 18.6. The Bertz CT molecular complexity index is 856. The largest absolute Gasteiger partial charge is 0.324 e. The lowest BCUT2D eigenvalue weighted by Gasteiger charge is -2.30. The van der Waals surface area contributed by atoms with Crippen molar-refractivity contribution in [1.82, 2.24) is 0 Å². The smallest absolute Gasteiger partial charge is 0.248 e. The van der Waals surface area contributed by atoms with E-state index < -0.39 is 27.8 Å².